The maximum absolute atomic E-state index is 6.02. The van der Waals surface area contributed by atoms with Crippen molar-refractivity contribution in [1.82, 2.24) is 0 Å². The lowest BCUT2D eigenvalue weighted by Gasteiger charge is -2.17. The zero-order valence-electron chi connectivity index (χ0n) is 14.9. The van der Waals surface area contributed by atoms with Crippen molar-refractivity contribution >= 4 is 34.0 Å². The zero-order chi connectivity index (χ0) is 18.1. The van der Waals surface area contributed by atoms with Gasteiger partial charge in [0.25, 0.3) is 0 Å². The molecule has 0 aromatic heterocycles. The summed E-state index contributed by atoms with van der Waals surface area (Å²) >= 11 is 5.37. The molecule has 0 amide bonds. The predicted molar refractivity (Wildman–Crippen MR) is 111 cm³/mol. The Morgan fingerprint density at radius 1 is 0.920 bits per heavy atom. The van der Waals surface area contributed by atoms with Gasteiger partial charge >= 0.3 is 0 Å². The van der Waals surface area contributed by atoms with Crippen molar-refractivity contribution in [2.45, 2.75) is 20.8 Å². The second kappa shape index (κ2) is 6.79. The van der Waals surface area contributed by atoms with E-state index in [1.807, 2.05) is 19.1 Å². The Kier molecular flexibility index (Phi) is 4.71. The molecule has 0 saturated heterocycles. The van der Waals surface area contributed by atoms with E-state index in [1.165, 1.54) is 16.7 Å². The lowest BCUT2D eigenvalue weighted by Crippen LogP contribution is -2.41. The number of quaternary nitrogens is 1. The van der Waals surface area contributed by atoms with E-state index in [0.29, 0.717) is 0 Å². The molecular formula is C22H23N2S+. The number of allylic oxidation sites excluding steroid dienone is 5. The summed E-state index contributed by atoms with van der Waals surface area (Å²) in [6.45, 7) is 6.19. The third kappa shape index (κ3) is 3.48. The van der Waals surface area contributed by atoms with Crippen LogP contribution in [-0.4, -0.2) is 4.86 Å². The molecule has 5 N–H and O–H groups in total. The van der Waals surface area contributed by atoms with Crippen LogP contribution >= 0.6 is 12.2 Å². The number of anilines is 1. The molecular weight excluding hydrogens is 324 g/mol. The fourth-order valence-electron chi connectivity index (χ4n) is 2.99. The topological polar surface area (TPSA) is 53.7 Å². The van der Waals surface area contributed by atoms with Gasteiger partial charge in [0.05, 0.1) is 0 Å². The Morgan fingerprint density at radius 3 is 2.16 bits per heavy atom. The SMILES string of the molecule is CC1=C/C(=C(/c2ccc(N)c(C)c2)c2ccc([NH3+])c(C)c2)C=CC1=S. The van der Waals surface area contributed by atoms with Gasteiger partial charge in [0, 0.05) is 16.1 Å². The van der Waals surface area contributed by atoms with E-state index in [0.717, 1.165) is 38.5 Å². The quantitative estimate of drug-likeness (QED) is 0.623. The minimum atomic E-state index is 0.810. The molecule has 0 saturated carbocycles. The van der Waals surface area contributed by atoms with Crippen molar-refractivity contribution in [2.24, 2.45) is 0 Å². The van der Waals surface area contributed by atoms with Crippen LogP contribution in [0.4, 0.5) is 11.4 Å². The van der Waals surface area contributed by atoms with Gasteiger partial charge in [0.1, 0.15) is 5.69 Å². The first-order chi connectivity index (χ1) is 11.9. The average Bonchev–Trinajstić information content (AvgIpc) is 2.57. The van der Waals surface area contributed by atoms with Crippen molar-refractivity contribution in [3.63, 3.8) is 0 Å². The number of nitrogen functional groups attached to an aromatic ring is 1. The fraction of sp³-hybridized carbons (Fsp3) is 0.136. The third-order valence-corrected chi connectivity index (χ3v) is 5.11. The van der Waals surface area contributed by atoms with Gasteiger partial charge < -0.3 is 11.5 Å². The van der Waals surface area contributed by atoms with Crippen molar-refractivity contribution < 1.29 is 5.73 Å². The van der Waals surface area contributed by atoms with Gasteiger partial charge in [0.15, 0.2) is 0 Å². The lowest BCUT2D eigenvalue weighted by atomic mass is 9.88. The minimum absolute atomic E-state index is 0.810. The van der Waals surface area contributed by atoms with Crippen LogP contribution in [0.3, 0.4) is 0 Å². The van der Waals surface area contributed by atoms with E-state index < -0.39 is 0 Å². The van der Waals surface area contributed by atoms with E-state index >= 15 is 0 Å². The summed E-state index contributed by atoms with van der Waals surface area (Å²) in [4.78, 5) is 0.890. The van der Waals surface area contributed by atoms with Crippen LogP contribution in [0.5, 0.6) is 0 Å². The van der Waals surface area contributed by atoms with Crippen LogP contribution in [0.15, 0.2) is 65.8 Å². The summed E-state index contributed by atoms with van der Waals surface area (Å²) in [5, 5.41) is 0. The van der Waals surface area contributed by atoms with Gasteiger partial charge in [-0.25, -0.2) is 0 Å². The van der Waals surface area contributed by atoms with E-state index in [2.05, 4.69) is 62.1 Å². The second-order valence-corrected chi connectivity index (χ2v) is 7.01. The monoisotopic (exact) mass is 347 g/mol. The molecule has 0 radical (unpaired) electrons. The molecule has 126 valence electrons. The Morgan fingerprint density at radius 2 is 1.56 bits per heavy atom. The molecule has 3 rings (SSSR count). The van der Waals surface area contributed by atoms with E-state index in [-0.39, 0.29) is 0 Å². The summed E-state index contributed by atoms with van der Waals surface area (Å²) in [5.74, 6) is 0. The molecule has 2 aromatic carbocycles. The smallest absolute Gasteiger partial charge is 0.130 e. The first-order valence-corrected chi connectivity index (χ1v) is 8.72. The number of thiocarbonyl (C=S) groups is 1. The van der Waals surface area contributed by atoms with Crippen LogP contribution in [0.25, 0.3) is 5.57 Å². The van der Waals surface area contributed by atoms with Crippen LogP contribution in [0.2, 0.25) is 0 Å². The number of hydrogen-bond acceptors (Lipinski definition) is 2. The van der Waals surface area contributed by atoms with Gasteiger partial charge in [-0.2, -0.15) is 0 Å². The van der Waals surface area contributed by atoms with Gasteiger partial charge in [-0.3, -0.25) is 0 Å². The summed E-state index contributed by atoms with van der Waals surface area (Å²) in [6.07, 6.45) is 6.27. The first kappa shape index (κ1) is 17.3. The number of benzene rings is 2. The standard InChI is InChI=1S/C22H22N2S/c1-13-10-16(4-7-19(13)23)22(17-5-8-20(24)14(2)11-17)18-6-9-21(25)15(3)12-18/h4-12H,23-24H2,1-3H3/p+1. The van der Waals surface area contributed by atoms with E-state index in [9.17, 15) is 0 Å². The van der Waals surface area contributed by atoms with Crippen LogP contribution in [-0.2, 0) is 0 Å². The second-order valence-electron chi connectivity index (χ2n) is 6.57. The van der Waals surface area contributed by atoms with Crippen LogP contribution in [0.1, 0.15) is 29.2 Å². The summed E-state index contributed by atoms with van der Waals surface area (Å²) in [6, 6.07) is 12.6. The third-order valence-electron chi connectivity index (χ3n) is 4.65. The van der Waals surface area contributed by atoms with Crippen molar-refractivity contribution in [1.29, 1.82) is 0 Å². The molecule has 0 fully saturated rings. The zero-order valence-corrected chi connectivity index (χ0v) is 15.7. The van der Waals surface area contributed by atoms with Crippen molar-refractivity contribution in [3.8, 4) is 0 Å². The molecule has 0 unspecified atom stereocenters. The van der Waals surface area contributed by atoms with E-state index in [1.54, 1.807) is 0 Å². The number of hydrogen-bond donors (Lipinski definition) is 2. The molecule has 1 aliphatic carbocycles. The Bertz CT molecular complexity index is 908. The fourth-order valence-corrected chi connectivity index (χ4v) is 3.11. The minimum Gasteiger partial charge on any atom is -0.399 e. The summed E-state index contributed by atoms with van der Waals surface area (Å²) in [7, 11) is 0. The Labute approximate surface area is 154 Å². The van der Waals surface area contributed by atoms with E-state index in [4.69, 9.17) is 18.0 Å². The average molecular weight is 348 g/mol. The van der Waals surface area contributed by atoms with Crippen LogP contribution < -0.4 is 11.5 Å². The van der Waals surface area contributed by atoms with Gasteiger partial charge in [-0.05, 0) is 96.7 Å². The number of rotatable bonds is 2. The maximum Gasteiger partial charge on any atom is 0.130 e. The molecule has 2 nitrogen and oxygen atoms in total. The maximum atomic E-state index is 6.02. The van der Waals surface area contributed by atoms with Crippen molar-refractivity contribution in [2.75, 3.05) is 5.73 Å². The highest BCUT2D eigenvalue weighted by atomic mass is 32.1. The largest absolute Gasteiger partial charge is 0.399 e. The highest BCUT2D eigenvalue weighted by Crippen LogP contribution is 2.33. The number of nitrogens with two attached hydrogens (primary N) is 1. The van der Waals surface area contributed by atoms with Gasteiger partial charge in [0.2, 0.25) is 0 Å². The molecule has 3 heteroatoms. The normalized spacial score (nSPS) is 16.0. The van der Waals surface area contributed by atoms with Crippen LogP contribution in [0, 0.1) is 13.8 Å². The Hall–Kier alpha value is -2.49. The molecule has 0 atom stereocenters. The van der Waals surface area contributed by atoms with Gasteiger partial charge in [-0.1, -0.05) is 24.4 Å². The molecule has 2 aromatic rings. The lowest BCUT2D eigenvalue weighted by molar-refractivity contribution is -0.255. The summed E-state index contributed by atoms with van der Waals surface area (Å²) < 4.78 is 0. The predicted octanol–water partition coefficient (Wildman–Crippen LogP) is 4.45. The van der Waals surface area contributed by atoms with Gasteiger partial charge in [-0.15, -0.1) is 0 Å². The van der Waals surface area contributed by atoms with Crippen molar-refractivity contribution in [3.05, 3.63) is 88.0 Å². The molecule has 0 aliphatic heterocycles. The first-order valence-electron chi connectivity index (χ1n) is 8.31. The highest BCUT2D eigenvalue weighted by molar-refractivity contribution is 7.81. The molecule has 0 heterocycles. The molecule has 0 spiro atoms. The summed E-state index contributed by atoms with van der Waals surface area (Å²) in [5.41, 5.74) is 20.0. The number of aryl methyl sites for hydroxylation is 2. The molecule has 0 bridgehead atoms. The molecule has 25 heavy (non-hydrogen) atoms. The molecule has 1 aliphatic rings. The highest BCUT2D eigenvalue weighted by Gasteiger charge is 2.14. The Balaban J connectivity index is 2.28.